The number of hydrogen-bond donors (Lipinski definition) is 0. The zero-order valence-corrected chi connectivity index (χ0v) is 18.7. The number of hydrogen-bond acceptors (Lipinski definition) is 3. The molecule has 0 aliphatic rings. The standard InChI is InChI=1S/C24H22BrNO3S/c1-19(21-10-6-3-7-11-21)17-26(23(18-27)16-20-8-4-2-5-9-20)30(28,29)24-14-12-22(25)13-15-24/h2-15,18,23H,1,16-17H2/t23-/m0/s1. The van der Waals surface area contributed by atoms with Crippen molar-refractivity contribution in [3.05, 3.63) is 107 Å². The molecule has 1 atom stereocenters. The van der Waals surface area contributed by atoms with E-state index in [0.29, 0.717) is 11.9 Å². The molecule has 0 unspecified atom stereocenters. The van der Waals surface area contributed by atoms with E-state index in [9.17, 15) is 13.2 Å². The van der Waals surface area contributed by atoms with Gasteiger partial charge in [-0.15, -0.1) is 0 Å². The fourth-order valence-electron chi connectivity index (χ4n) is 3.15. The van der Waals surface area contributed by atoms with Crippen molar-refractivity contribution in [3.63, 3.8) is 0 Å². The van der Waals surface area contributed by atoms with Gasteiger partial charge in [0.15, 0.2) is 0 Å². The minimum atomic E-state index is -3.93. The van der Waals surface area contributed by atoms with Crippen LogP contribution in [0.3, 0.4) is 0 Å². The molecule has 0 radical (unpaired) electrons. The molecule has 6 heteroatoms. The van der Waals surface area contributed by atoms with Crippen LogP contribution in [0.2, 0.25) is 0 Å². The first-order valence-corrected chi connectivity index (χ1v) is 11.6. The maximum Gasteiger partial charge on any atom is 0.244 e. The van der Waals surface area contributed by atoms with Crippen molar-refractivity contribution in [1.29, 1.82) is 0 Å². The third-order valence-electron chi connectivity index (χ3n) is 4.76. The molecule has 3 aromatic rings. The second-order valence-electron chi connectivity index (χ2n) is 6.87. The Balaban J connectivity index is 1.99. The minimum Gasteiger partial charge on any atom is -0.302 e. The fraction of sp³-hybridized carbons (Fsp3) is 0.125. The fourth-order valence-corrected chi connectivity index (χ4v) is 4.97. The molecule has 0 aliphatic carbocycles. The van der Waals surface area contributed by atoms with Crippen molar-refractivity contribution in [2.45, 2.75) is 17.4 Å². The van der Waals surface area contributed by atoms with Gasteiger partial charge in [-0.25, -0.2) is 8.42 Å². The molecule has 0 spiro atoms. The summed E-state index contributed by atoms with van der Waals surface area (Å²) in [7, 11) is -3.93. The number of rotatable bonds is 9. The van der Waals surface area contributed by atoms with Gasteiger partial charge in [-0.05, 0) is 47.4 Å². The van der Waals surface area contributed by atoms with Crippen LogP contribution in [0.5, 0.6) is 0 Å². The van der Waals surface area contributed by atoms with E-state index in [2.05, 4.69) is 22.5 Å². The third-order valence-corrected chi connectivity index (χ3v) is 7.18. The smallest absolute Gasteiger partial charge is 0.244 e. The molecule has 3 aromatic carbocycles. The van der Waals surface area contributed by atoms with Crippen molar-refractivity contribution < 1.29 is 13.2 Å². The first-order chi connectivity index (χ1) is 14.4. The summed E-state index contributed by atoms with van der Waals surface area (Å²) in [6.07, 6.45) is 0.976. The Morgan fingerprint density at radius 3 is 2.07 bits per heavy atom. The lowest BCUT2D eigenvalue weighted by Gasteiger charge is -2.28. The van der Waals surface area contributed by atoms with Crippen molar-refractivity contribution in [2.75, 3.05) is 6.54 Å². The van der Waals surface area contributed by atoms with Gasteiger partial charge in [-0.3, -0.25) is 0 Å². The molecule has 0 fully saturated rings. The number of carbonyl (C=O) groups is 1. The van der Waals surface area contributed by atoms with Gasteiger partial charge in [0.05, 0.1) is 10.9 Å². The van der Waals surface area contributed by atoms with Gasteiger partial charge < -0.3 is 4.79 Å². The van der Waals surface area contributed by atoms with E-state index in [4.69, 9.17) is 0 Å². The molecule has 30 heavy (non-hydrogen) atoms. The Morgan fingerprint density at radius 1 is 0.933 bits per heavy atom. The average molecular weight is 484 g/mol. The summed E-state index contributed by atoms with van der Waals surface area (Å²) < 4.78 is 29.0. The Kier molecular flexibility index (Phi) is 7.37. The molecule has 0 aliphatic heterocycles. The molecule has 0 N–H and O–H groups in total. The Morgan fingerprint density at radius 2 is 1.50 bits per heavy atom. The van der Waals surface area contributed by atoms with E-state index in [-0.39, 0.29) is 17.9 Å². The summed E-state index contributed by atoms with van der Waals surface area (Å²) in [6, 6.07) is 24.3. The first-order valence-electron chi connectivity index (χ1n) is 9.41. The van der Waals surface area contributed by atoms with Gasteiger partial charge in [0, 0.05) is 11.0 Å². The first kappa shape index (κ1) is 22.2. The molecular formula is C24H22BrNO3S. The van der Waals surface area contributed by atoms with Gasteiger partial charge in [0.1, 0.15) is 6.29 Å². The molecule has 3 rings (SSSR count). The predicted octanol–water partition coefficient (Wildman–Crippen LogP) is 4.96. The SMILES string of the molecule is C=C(CN([C@H](C=O)Cc1ccccc1)S(=O)(=O)c1ccc(Br)cc1)c1ccccc1. The van der Waals surface area contributed by atoms with Crippen LogP contribution in [0.15, 0.2) is 101 Å². The lowest BCUT2D eigenvalue weighted by Crippen LogP contribution is -2.43. The molecule has 0 heterocycles. The molecule has 0 amide bonds. The summed E-state index contributed by atoms with van der Waals surface area (Å²) in [5.41, 5.74) is 2.34. The van der Waals surface area contributed by atoms with Gasteiger partial charge in [0.2, 0.25) is 10.0 Å². The maximum atomic E-state index is 13.5. The highest BCUT2D eigenvalue weighted by molar-refractivity contribution is 9.10. The van der Waals surface area contributed by atoms with Crippen LogP contribution in [-0.4, -0.2) is 31.6 Å². The molecule has 0 aromatic heterocycles. The van der Waals surface area contributed by atoms with Gasteiger partial charge in [0.25, 0.3) is 0 Å². The zero-order valence-electron chi connectivity index (χ0n) is 16.3. The van der Waals surface area contributed by atoms with E-state index < -0.39 is 16.1 Å². The highest BCUT2D eigenvalue weighted by Crippen LogP contribution is 2.25. The van der Waals surface area contributed by atoms with E-state index in [1.54, 1.807) is 12.1 Å². The number of aldehydes is 1. The van der Waals surface area contributed by atoms with Crippen LogP contribution in [-0.2, 0) is 21.2 Å². The van der Waals surface area contributed by atoms with Gasteiger partial charge in [-0.1, -0.05) is 83.2 Å². The van der Waals surface area contributed by atoms with Crippen LogP contribution in [0, 0.1) is 0 Å². The number of nitrogens with zero attached hydrogens (tertiary/aromatic N) is 1. The highest BCUT2D eigenvalue weighted by atomic mass is 79.9. The Labute approximate surface area is 186 Å². The molecular weight excluding hydrogens is 462 g/mol. The van der Waals surface area contributed by atoms with Crippen LogP contribution in [0.4, 0.5) is 0 Å². The molecule has 0 bridgehead atoms. The summed E-state index contributed by atoms with van der Waals surface area (Å²) in [5, 5.41) is 0. The lowest BCUT2D eigenvalue weighted by molar-refractivity contribution is -0.110. The number of carbonyl (C=O) groups excluding carboxylic acids is 1. The van der Waals surface area contributed by atoms with E-state index in [1.807, 2.05) is 60.7 Å². The Hall–Kier alpha value is -2.54. The van der Waals surface area contributed by atoms with Crippen LogP contribution in [0.25, 0.3) is 5.57 Å². The summed E-state index contributed by atoms with van der Waals surface area (Å²) >= 11 is 3.33. The zero-order chi connectivity index (χ0) is 21.6. The van der Waals surface area contributed by atoms with Crippen molar-refractivity contribution in [1.82, 2.24) is 4.31 Å². The molecule has 4 nitrogen and oxygen atoms in total. The number of halogens is 1. The summed E-state index contributed by atoms with van der Waals surface area (Å²) in [6.45, 7) is 4.09. The van der Waals surface area contributed by atoms with Crippen LogP contribution in [0.1, 0.15) is 11.1 Å². The summed E-state index contributed by atoms with van der Waals surface area (Å²) in [4.78, 5) is 12.2. The third kappa shape index (κ3) is 5.33. The molecule has 0 saturated carbocycles. The summed E-state index contributed by atoms with van der Waals surface area (Å²) in [5.74, 6) is 0. The second-order valence-corrected chi connectivity index (χ2v) is 9.67. The second kappa shape index (κ2) is 9.98. The minimum absolute atomic E-state index is 0.0126. The number of benzene rings is 3. The quantitative estimate of drug-likeness (QED) is 0.404. The van der Waals surface area contributed by atoms with Crippen LogP contribution >= 0.6 is 15.9 Å². The van der Waals surface area contributed by atoms with Crippen molar-refractivity contribution in [2.24, 2.45) is 0 Å². The van der Waals surface area contributed by atoms with E-state index in [1.165, 1.54) is 16.4 Å². The maximum absolute atomic E-state index is 13.5. The normalized spacial score (nSPS) is 12.5. The monoisotopic (exact) mass is 483 g/mol. The Bertz CT molecular complexity index is 1100. The van der Waals surface area contributed by atoms with Gasteiger partial charge >= 0.3 is 0 Å². The molecule has 154 valence electrons. The van der Waals surface area contributed by atoms with Crippen molar-refractivity contribution in [3.8, 4) is 0 Å². The van der Waals surface area contributed by atoms with Crippen molar-refractivity contribution >= 4 is 37.8 Å². The average Bonchev–Trinajstić information content (AvgIpc) is 2.77. The van der Waals surface area contributed by atoms with Crippen LogP contribution < -0.4 is 0 Å². The highest BCUT2D eigenvalue weighted by Gasteiger charge is 2.32. The van der Waals surface area contributed by atoms with E-state index in [0.717, 1.165) is 15.6 Å². The lowest BCUT2D eigenvalue weighted by atomic mass is 10.0. The van der Waals surface area contributed by atoms with E-state index >= 15 is 0 Å². The number of sulfonamides is 1. The topological polar surface area (TPSA) is 54.5 Å². The predicted molar refractivity (Wildman–Crippen MR) is 124 cm³/mol. The molecule has 0 saturated heterocycles. The van der Waals surface area contributed by atoms with Gasteiger partial charge in [-0.2, -0.15) is 4.31 Å². The largest absolute Gasteiger partial charge is 0.302 e.